The zero-order valence-electron chi connectivity index (χ0n) is 23.8. The Balaban J connectivity index is 1.34. The normalized spacial score (nSPS) is 19.5. The van der Waals surface area contributed by atoms with Gasteiger partial charge in [0.2, 0.25) is 15.9 Å². The maximum atomic E-state index is 13.7. The average Bonchev–Trinajstić information content (AvgIpc) is 3.54. The largest absolute Gasteiger partial charge is 0.417 e. The smallest absolute Gasteiger partial charge is 0.396 e. The third-order valence-electron chi connectivity index (χ3n) is 8.43. The van der Waals surface area contributed by atoms with E-state index in [1.54, 1.807) is 0 Å². The first kappa shape index (κ1) is 31.3. The Labute approximate surface area is 249 Å². The number of carbonyl (C=O) groups is 1. The molecule has 0 saturated carbocycles. The van der Waals surface area contributed by atoms with E-state index < -0.39 is 21.8 Å². The number of hydrogen-bond donors (Lipinski definition) is 1. The number of rotatable bonds is 10. The molecule has 5 rings (SSSR count). The van der Waals surface area contributed by atoms with Crippen molar-refractivity contribution in [2.24, 2.45) is 0 Å². The Bertz CT molecular complexity index is 1390. The third-order valence-corrected chi connectivity index (χ3v) is 10.7. The van der Waals surface area contributed by atoms with E-state index in [1.165, 1.54) is 16.4 Å². The summed E-state index contributed by atoms with van der Waals surface area (Å²) in [4.78, 5) is 16.6. The highest BCUT2D eigenvalue weighted by molar-refractivity contribution is 7.99. The number of aromatic nitrogens is 2. The van der Waals surface area contributed by atoms with Crippen LogP contribution >= 0.6 is 11.8 Å². The second-order valence-electron chi connectivity index (χ2n) is 11.2. The molecule has 232 valence electrons. The summed E-state index contributed by atoms with van der Waals surface area (Å²) < 4.78 is 69.1. The van der Waals surface area contributed by atoms with E-state index in [9.17, 15) is 31.5 Å². The lowest BCUT2D eigenvalue weighted by Crippen LogP contribution is -2.45. The number of aliphatic hydroxyl groups excluding tert-OH is 1. The molecule has 1 amide bonds. The predicted molar refractivity (Wildman–Crippen MR) is 154 cm³/mol. The molecule has 9 nitrogen and oxygen atoms in total. The first-order chi connectivity index (χ1) is 20.0. The van der Waals surface area contributed by atoms with E-state index >= 15 is 0 Å². The lowest BCUT2D eigenvalue weighted by atomic mass is 10.0. The van der Waals surface area contributed by atoms with Crippen LogP contribution in [0.25, 0.3) is 11.3 Å². The zero-order chi connectivity index (χ0) is 30.1. The molecule has 0 atom stereocenters. The first-order valence-electron chi connectivity index (χ1n) is 14.5. The fourth-order valence-corrected chi connectivity index (χ4v) is 7.95. The maximum absolute atomic E-state index is 13.7. The Morgan fingerprint density at radius 3 is 2.50 bits per heavy atom. The van der Waals surface area contributed by atoms with Gasteiger partial charge >= 0.3 is 6.18 Å². The summed E-state index contributed by atoms with van der Waals surface area (Å²) in [5.74, 6) is 0.390. The van der Waals surface area contributed by atoms with Crippen molar-refractivity contribution in [1.82, 2.24) is 23.9 Å². The molecule has 1 aromatic carbocycles. The van der Waals surface area contributed by atoms with Crippen molar-refractivity contribution >= 4 is 27.7 Å². The van der Waals surface area contributed by atoms with Gasteiger partial charge in [-0.2, -0.15) is 22.6 Å². The van der Waals surface area contributed by atoms with Crippen LogP contribution in [-0.2, 0) is 40.5 Å². The fourth-order valence-electron chi connectivity index (χ4n) is 6.30. The number of aryl methyl sites for hydroxylation is 1. The molecule has 0 unspecified atom stereocenters. The Kier molecular flexibility index (Phi) is 9.57. The third kappa shape index (κ3) is 6.98. The van der Waals surface area contributed by atoms with E-state index in [-0.39, 0.29) is 29.7 Å². The minimum Gasteiger partial charge on any atom is -0.396 e. The summed E-state index contributed by atoms with van der Waals surface area (Å²) in [5, 5.41) is 14.1. The lowest BCUT2D eigenvalue weighted by Gasteiger charge is -2.36. The van der Waals surface area contributed by atoms with Crippen molar-refractivity contribution in [3.8, 4) is 11.3 Å². The van der Waals surface area contributed by atoms with Gasteiger partial charge in [-0.3, -0.25) is 9.48 Å². The molecule has 3 aliphatic rings. The highest BCUT2D eigenvalue weighted by Crippen LogP contribution is 2.40. The second kappa shape index (κ2) is 12.8. The van der Waals surface area contributed by atoms with E-state index in [0.29, 0.717) is 43.2 Å². The van der Waals surface area contributed by atoms with Gasteiger partial charge in [0, 0.05) is 85.6 Å². The van der Waals surface area contributed by atoms with Gasteiger partial charge in [0.25, 0.3) is 0 Å². The van der Waals surface area contributed by atoms with Gasteiger partial charge in [-0.05, 0) is 44.4 Å². The van der Waals surface area contributed by atoms with Crippen LogP contribution < -0.4 is 0 Å². The molecule has 2 aromatic rings. The number of likely N-dealkylation sites (tertiary alicyclic amines) is 2. The number of hydrogen-bond acceptors (Lipinski definition) is 7. The Morgan fingerprint density at radius 2 is 1.86 bits per heavy atom. The number of alkyl halides is 3. The topological polar surface area (TPSA) is 99.0 Å². The highest BCUT2D eigenvalue weighted by Gasteiger charge is 2.35. The van der Waals surface area contributed by atoms with Crippen LogP contribution in [0.3, 0.4) is 0 Å². The number of fused-ring (bicyclic) bond motifs is 1. The molecule has 1 aromatic heterocycles. The van der Waals surface area contributed by atoms with Gasteiger partial charge in [-0.15, -0.1) is 11.8 Å². The van der Waals surface area contributed by atoms with Gasteiger partial charge in [0.1, 0.15) is 0 Å². The summed E-state index contributed by atoms with van der Waals surface area (Å²) in [7, 11) is -3.47. The van der Waals surface area contributed by atoms with E-state index in [2.05, 4.69) is 4.90 Å². The molecular weight excluding hydrogens is 591 g/mol. The van der Waals surface area contributed by atoms with Gasteiger partial charge < -0.3 is 14.9 Å². The van der Waals surface area contributed by atoms with Crippen LogP contribution in [0.15, 0.2) is 23.1 Å². The summed E-state index contributed by atoms with van der Waals surface area (Å²) >= 11 is 0.932. The predicted octanol–water partition coefficient (Wildman–Crippen LogP) is 3.45. The summed E-state index contributed by atoms with van der Waals surface area (Å²) in [6.07, 6.45) is 1.46. The number of aliphatic hydroxyl groups is 1. The van der Waals surface area contributed by atoms with E-state index in [4.69, 9.17) is 5.10 Å². The fraction of sp³-hybridized carbons (Fsp3) is 0.643. The highest BCUT2D eigenvalue weighted by atomic mass is 32.2. The molecule has 3 aliphatic heterocycles. The number of piperidine rings is 1. The van der Waals surface area contributed by atoms with Crippen LogP contribution in [0.4, 0.5) is 13.2 Å². The quantitative estimate of drug-likeness (QED) is 0.402. The number of benzene rings is 1. The second-order valence-corrected chi connectivity index (χ2v) is 14.4. The van der Waals surface area contributed by atoms with Crippen LogP contribution in [-0.4, -0.2) is 101 Å². The number of thioether (sulfide) groups is 1. The van der Waals surface area contributed by atoms with Crippen LogP contribution in [0.1, 0.15) is 48.9 Å². The Morgan fingerprint density at radius 1 is 1.10 bits per heavy atom. The minimum atomic E-state index is -4.54. The molecule has 0 aliphatic carbocycles. The molecule has 14 heteroatoms. The van der Waals surface area contributed by atoms with Crippen molar-refractivity contribution in [2.45, 2.75) is 68.7 Å². The molecule has 0 radical (unpaired) electrons. The molecule has 1 N–H and O–H groups in total. The monoisotopic (exact) mass is 629 g/mol. The standard InChI is InChI=1S/C28H38F3N5O4S2/c1-42(39,40)34-15-9-24-22(19-34)27(20-5-6-23(28(29,30)31)25(18-20)41-17-16-37)32-36(24)12-3-10-33-13-7-21(8-14-33)35-11-2-4-26(35)38/h5-6,18,21,37H,2-4,7-17,19H2,1H3. The molecule has 2 fully saturated rings. The minimum absolute atomic E-state index is 0.00663. The number of amides is 1. The maximum Gasteiger partial charge on any atom is 0.417 e. The van der Waals surface area contributed by atoms with E-state index in [1.807, 2.05) is 9.58 Å². The van der Waals surface area contributed by atoms with Gasteiger partial charge in [-0.25, -0.2) is 8.42 Å². The lowest BCUT2D eigenvalue weighted by molar-refractivity contribution is -0.139. The SMILES string of the molecule is CS(=O)(=O)N1CCc2c(c(-c3ccc(C(F)(F)F)c(SCCO)c3)nn2CCCN2CCC(N3CCCC3=O)CC2)C1. The number of halogens is 3. The van der Waals surface area contributed by atoms with Crippen LogP contribution in [0.5, 0.6) is 0 Å². The van der Waals surface area contributed by atoms with Crippen molar-refractivity contribution < 1.29 is 31.5 Å². The van der Waals surface area contributed by atoms with Gasteiger partial charge in [-0.1, -0.05) is 6.07 Å². The van der Waals surface area contributed by atoms with Crippen LogP contribution in [0.2, 0.25) is 0 Å². The first-order valence-corrected chi connectivity index (χ1v) is 17.3. The van der Waals surface area contributed by atoms with Crippen molar-refractivity contribution in [3.63, 3.8) is 0 Å². The van der Waals surface area contributed by atoms with Crippen molar-refractivity contribution in [3.05, 3.63) is 35.0 Å². The van der Waals surface area contributed by atoms with Gasteiger partial charge in [0.15, 0.2) is 0 Å². The van der Waals surface area contributed by atoms with Crippen molar-refractivity contribution in [1.29, 1.82) is 0 Å². The molecule has 42 heavy (non-hydrogen) atoms. The molecule has 0 bridgehead atoms. The molecular formula is C28H38F3N5O4S2. The number of nitrogens with zero attached hydrogens (tertiary/aromatic N) is 5. The number of carbonyl (C=O) groups excluding carboxylic acids is 1. The summed E-state index contributed by atoms with van der Waals surface area (Å²) in [5.41, 5.74) is 1.86. The van der Waals surface area contributed by atoms with Gasteiger partial charge in [0.05, 0.1) is 24.1 Å². The molecule has 4 heterocycles. The van der Waals surface area contributed by atoms with E-state index in [0.717, 1.165) is 87.2 Å². The number of sulfonamides is 1. The summed E-state index contributed by atoms with van der Waals surface area (Å²) in [6, 6.07) is 4.22. The summed E-state index contributed by atoms with van der Waals surface area (Å²) in [6.45, 7) is 4.39. The van der Waals surface area contributed by atoms with Crippen molar-refractivity contribution in [2.75, 3.05) is 51.3 Å². The molecule has 2 saturated heterocycles. The molecule has 0 spiro atoms. The Hall–Kier alpha value is -2.13. The average molecular weight is 630 g/mol. The zero-order valence-corrected chi connectivity index (χ0v) is 25.4. The van der Waals surface area contributed by atoms with Crippen LogP contribution in [0, 0.1) is 0 Å².